The Morgan fingerprint density at radius 1 is 1.62 bits per heavy atom. The Labute approximate surface area is 97.6 Å². The van der Waals surface area contributed by atoms with E-state index in [2.05, 4.69) is 4.90 Å². The highest BCUT2D eigenvalue weighted by Crippen LogP contribution is 2.19. The van der Waals surface area contributed by atoms with Gasteiger partial charge < -0.3 is 9.84 Å². The van der Waals surface area contributed by atoms with Crippen LogP contribution in [0.3, 0.4) is 0 Å². The summed E-state index contributed by atoms with van der Waals surface area (Å²) in [6, 6.07) is 0.203. The predicted octanol–water partition coefficient (Wildman–Crippen LogP) is 1.03. The molecule has 1 heterocycles. The van der Waals surface area contributed by atoms with Gasteiger partial charge in [-0.25, -0.2) is 0 Å². The lowest BCUT2D eigenvalue weighted by Gasteiger charge is -2.37. The quantitative estimate of drug-likeness (QED) is 0.732. The molecule has 0 aromatic rings. The summed E-state index contributed by atoms with van der Waals surface area (Å²) < 4.78 is 4.94. The Morgan fingerprint density at radius 2 is 2.31 bits per heavy atom. The Morgan fingerprint density at radius 3 is 2.88 bits per heavy atom. The molecule has 1 rings (SSSR count). The van der Waals surface area contributed by atoms with Crippen LogP contribution < -0.4 is 0 Å². The number of ether oxygens (including phenoxy) is 1. The molecule has 4 nitrogen and oxygen atoms in total. The Bertz CT molecular complexity index is 232. The second kappa shape index (κ2) is 6.21. The Hall–Kier alpha value is -0.610. The van der Waals surface area contributed by atoms with Crippen molar-refractivity contribution in [3.05, 3.63) is 0 Å². The third-order valence-corrected chi connectivity index (χ3v) is 3.28. The number of hydrogen-bond donors (Lipinski definition) is 1. The van der Waals surface area contributed by atoms with Gasteiger partial charge in [0.1, 0.15) is 0 Å². The second-order valence-electron chi connectivity index (χ2n) is 4.69. The minimum absolute atomic E-state index is 0.131. The molecule has 16 heavy (non-hydrogen) atoms. The van der Waals surface area contributed by atoms with E-state index in [4.69, 9.17) is 4.74 Å². The first-order chi connectivity index (χ1) is 7.54. The first-order valence-corrected chi connectivity index (χ1v) is 6.12. The average Bonchev–Trinajstić information content (AvgIpc) is 2.22. The van der Waals surface area contributed by atoms with Crippen LogP contribution in [0.4, 0.5) is 0 Å². The lowest BCUT2D eigenvalue weighted by molar-refractivity contribution is -0.144. The number of aliphatic hydroxyl groups excluding tert-OH is 1. The molecule has 94 valence electrons. The molecule has 3 atom stereocenters. The van der Waals surface area contributed by atoms with E-state index in [-0.39, 0.29) is 18.1 Å². The molecule has 1 fully saturated rings. The van der Waals surface area contributed by atoms with Crippen molar-refractivity contribution in [3.8, 4) is 0 Å². The minimum atomic E-state index is -0.189. The standard InChI is InChI=1S/C12H23NO3/c1-4-16-12(15)7-10(3)13-6-5-11(14)9(2)8-13/h9-11,14H,4-8H2,1-3H3. The second-order valence-corrected chi connectivity index (χ2v) is 4.69. The fourth-order valence-corrected chi connectivity index (χ4v) is 2.16. The van der Waals surface area contributed by atoms with Crippen molar-refractivity contribution in [2.24, 2.45) is 5.92 Å². The summed E-state index contributed by atoms with van der Waals surface area (Å²) in [5.41, 5.74) is 0. The summed E-state index contributed by atoms with van der Waals surface area (Å²) in [6.45, 7) is 8.09. The van der Waals surface area contributed by atoms with Gasteiger partial charge in [0.05, 0.1) is 19.1 Å². The molecule has 3 unspecified atom stereocenters. The molecule has 0 aliphatic carbocycles. The lowest BCUT2D eigenvalue weighted by Crippen LogP contribution is -2.46. The van der Waals surface area contributed by atoms with Gasteiger partial charge in [-0.1, -0.05) is 6.92 Å². The van der Waals surface area contributed by atoms with Crippen molar-refractivity contribution in [3.63, 3.8) is 0 Å². The van der Waals surface area contributed by atoms with Gasteiger partial charge in [0.2, 0.25) is 0 Å². The van der Waals surface area contributed by atoms with Crippen molar-refractivity contribution in [1.29, 1.82) is 0 Å². The summed E-state index contributed by atoms with van der Waals surface area (Å²) in [6.07, 6.45) is 1.05. The van der Waals surface area contributed by atoms with Crippen molar-refractivity contribution in [1.82, 2.24) is 4.90 Å². The predicted molar refractivity (Wildman–Crippen MR) is 62.1 cm³/mol. The summed E-state index contributed by atoms with van der Waals surface area (Å²) in [4.78, 5) is 13.6. The number of carbonyl (C=O) groups excluding carboxylic acids is 1. The Balaban J connectivity index is 2.36. The maximum absolute atomic E-state index is 11.3. The van der Waals surface area contributed by atoms with E-state index in [0.717, 1.165) is 19.5 Å². The molecule has 1 saturated heterocycles. The van der Waals surface area contributed by atoms with Gasteiger partial charge in [0.25, 0.3) is 0 Å². The summed E-state index contributed by atoms with van der Waals surface area (Å²) >= 11 is 0. The van der Waals surface area contributed by atoms with Gasteiger partial charge in [-0.05, 0) is 26.2 Å². The van der Waals surface area contributed by atoms with Crippen LogP contribution in [0.25, 0.3) is 0 Å². The van der Waals surface area contributed by atoms with Gasteiger partial charge in [0.15, 0.2) is 0 Å². The third kappa shape index (κ3) is 3.76. The number of nitrogens with zero attached hydrogens (tertiary/aromatic N) is 1. The maximum Gasteiger partial charge on any atom is 0.307 e. The minimum Gasteiger partial charge on any atom is -0.466 e. The first-order valence-electron chi connectivity index (χ1n) is 6.12. The third-order valence-electron chi connectivity index (χ3n) is 3.28. The van der Waals surface area contributed by atoms with Crippen molar-refractivity contribution < 1.29 is 14.6 Å². The number of rotatable bonds is 4. The number of esters is 1. The van der Waals surface area contributed by atoms with Crippen molar-refractivity contribution in [2.45, 2.75) is 45.8 Å². The van der Waals surface area contributed by atoms with Crippen LogP contribution in [0.2, 0.25) is 0 Å². The van der Waals surface area contributed by atoms with Crippen LogP contribution in [0, 0.1) is 5.92 Å². The zero-order chi connectivity index (χ0) is 12.1. The van der Waals surface area contributed by atoms with Crippen LogP contribution in [0.15, 0.2) is 0 Å². The largest absolute Gasteiger partial charge is 0.466 e. The van der Waals surface area contributed by atoms with Crippen LogP contribution in [0.1, 0.15) is 33.6 Å². The highest BCUT2D eigenvalue weighted by atomic mass is 16.5. The zero-order valence-corrected chi connectivity index (χ0v) is 10.5. The molecule has 0 amide bonds. The molecular weight excluding hydrogens is 206 g/mol. The number of piperidine rings is 1. The van der Waals surface area contributed by atoms with Crippen LogP contribution in [-0.2, 0) is 9.53 Å². The molecule has 0 saturated carbocycles. The summed E-state index contributed by atoms with van der Waals surface area (Å²) in [5.74, 6) is 0.159. The Kier molecular flexibility index (Phi) is 5.22. The molecule has 0 radical (unpaired) electrons. The molecule has 1 aliphatic heterocycles. The van der Waals surface area contributed by atoms with E-state index in [0.29, 0.717) is 18.9 Å². The SMILES string of the molecule is CCOC(=O)CC(C)N1CCC(O)C(C)C1. The molecule has 0 aromatic heterocycles. The monoisotopic (exact) mass is 229 g/mol. The molecule has 0 spiro atoms. The molecule has 0 aromatic carbocycles. The van der Waals surface area contributed by atoms with Gasteiger partial charge in [-0.3, -0.25) is 9.69 Å². The zero-order valence-electron chi connectivity index (χ0n) is 10.5. The highest BCUT2D eigenvalue weighted by Gasteiger charge is 2.27. The summed E-state index contributed by atoms with van der Waals surface area (Å²) in [5, 5.41) is 9.63. The van der Waals surface area contributed by atoms with E-state index < -0.39 is 0 Å². The van der Waals surface area contributed by atoms with E-state index in [1.54, 1.807) is 0 Å². The van der Waals surface area contributed by atoms with Crippen LogP contribution in [-0.4, -0.2) is 47.8 Å². The fourth-order valence-electron chi connectivity index (χ4n) is 2.16. The van der Waals surface area contributed by atoms with Crippen molar-refractivity contribution in [2.75, 3.05) is 19.7 Å². The normalized spacial score (nSPS) is 28.8. The number of carbonyl (C=O) groups is 1. The maximum atomic E-state index is 11.3. The average molecular weight is 229 g/mol. The molecule has 1 N–H and O–H groups in total. The number of hydrogen-bond acceptors (Lipinski definition) is 4. The molecular formula is C12H23NO3. The van der Waals surface area contributed by atoms with E-state index in [9.17, 15) is 9.90 Å². The van der Waals surface area contributed by atoms with Crippen molar-refractivity contribution >= 4 is 5.97 Å². The van der Waals surface area contributed by atoms with Crippen LogP contribution >= 0.6 is 0 Å². The van der Waals surface area contributed by atoms with E-state index in [1.165, 1.54) is 0 Å². The number of aliphatic hydroxyl groups is 1. The van der Waals surface area contributed by atoms with Gasteiger partial charge >= 0.3 is 5.97 Å². The van der Waals surface area contributed by atoms with E-state index in [1.807, 2.05) is 20.8 Å². The topological polar surface area (TPSA) is 49.8 Å². The van der Waals surface area contributed by atoms with E-state index >= 15 is 0 Å². The van der Waals surface area contributed by atoms with Gasteiger partial charge in [0, 0.05) is 19.1 Å². The first kappa shape index (κ1) is 13.5. The van der Waals surface area contributed by atoms with Crippen LogP contribution in [0.5, 0.6) is 0 Å². The molecule has 1 aliphatic rings. The highest BCUT2D eigenvalue weighted by molar-refractivity contribution is 5.70. The van der Waals surface area contributed by atoms with Gasteiger partial charge in [-0.2, -0.15) is 0 Å². The summed E-state index contributed by atoms with van der Waals surface area (Å²) in [7, 11) is 0. The number of likely N-dealkylation sites (tertiary alicyclic amines) is 1. The molecule has 0 bridgehead atoms. The smallest absolute Gasteiger partial charge is 0.307 e. The van der Waals surface area contributed by atoms with Gasteiger partial charge in [-0.15, -0.1) is 0 Å². The molecule has 4 heteroatoms. The fraction of sp³-hybridized carbons (Fsp3) is 0.917. The lowest BCUT2D eigenvalue weighted by atomic mass is 9.95.